The summed E-state index contributed by atoms with van der Waals surface area (Å²) >= 11 is 8.67. The van der Waals surface area contributed by atoms with E-state index in [0.29, 0.717) is 6.54 Å². The van der Waals surface area contributed by atoms with Crippen molar-refractivity contribution < 1.29 is 14.0 Å². The lowest BCUT2D eigenvalue weighted by molar-refractivity contribution is -0.122. The van der Waals surface area contributed by atoms with Crippen LogP contribution in [0.2, 0.25) is 0 Å². The molecule has 4 aromatic rings. The van der Waals surface area contributed by atoms with E-state index in [1.165, 1.54) is 18.2 Å². The Morgan fingerprint density at radius 1 is 1.00 bits per heavy atom. The fourth-order valence-corrected chi connectivity index (χ4v) is 4.81. The van der Waals surface area contributed by atoms with Crippen molar-refractivity contribution in [2.75, 3.05) is 4.90 Å². The number of rotatable bonds is 4. The molecule has 8 heteroatoms. The Morgan fingerprint density at radius 3 is 2.43 bits per heavy atom. The van der Waals surface area contributed by atoms with Crippen molar-refractivity contribution in [1.82, 2.24) is 9.88 Å². The molecule has 1 aliphatic rings. The summed E-state index contributed by atoms with van der Waals surface area (Å²) in [7, 11) is 0. The molecule has 0 unspecified atom stereocenters. The van der Waals surface area contributed by atoms with Crippen molar-refractivity contribution in [2.24, 2.45) is 0 Å². The average molecular weight is 548 g/mol. The Hall–Kier alpha value is -3.62. The molecule has 2 heterocycles. The summed E-state index contributed by atoms with van der Waals surface area (Å²) in [6.45, 7) is 2.57. The number of carbonyl (C=O) groups is 2. The quantitative estimate of drug-likeness (QED) is 0.201. The molecule has 1 saturated heterocycles. The zero-order chi connectivity index (χ0) is 24.7. The Balaban J connectivity index is 1.62. The van der Waals surface area contributed by atoms with Gasteiger partial charge in [0.25, 0.3) is 11.8 Å². The monoisotopic (exact) mass is 547 g/mol. The van der Waals surface area contributed by atoms with Gasteiger partial charge in [-0.2, -0.15) is 0 Å². The lowest BCUT2D eigenvalue weighted by Crippen LogP contribution is -2.54. The fraction of sp³-hybridized carbons (Fsp3) is 0.0741. The lowest BCUT2D eigenvalue weighted by Gasteiger charge is -2.29. The second kappa shape index (κ2) is 9.20. The first-order valence-corrected chi connectivity index (χ1v) is 12.0. The third-order valence-corrected chi connectivity index (χ3v) is 6.83. The number of halogens is 2. The van der Waals surface area contributed by atoms with Gasteiger partial charge in [-0.1, -0.05) is 58.4 Å². The number of anilines is 1. The number of fused-ring (bicyclic) bond motifs is 1. The zero-order valence-corrected chi connectivity index (χ0v) is 21.0. The van der Waals surface area contributed by atoms with Crippen LogP contribution < -0.4 is 10.2 Å². The highest BCUT2D eigenvalue weighted by Crippen LogP contribution is 2.31. The van der Waals surface area contributed by atoms with E-state index in [2.05, 4.69) is 25.8 Å². The number of carbonyl (C=O) groups excluding carboxylic acids is 2. The number of aromatic nitrogens is 1. The molecule has 0 saturated carbocycles. The fourth-order valence-electron chi connectivity index (χ4n) is 4.27. The number of nitrogens with zero attached hydrogens (tertiary/aromatic N) is 2. The van der Waals surface area contributed by atoms with Gasteiger partial charge in [0.1, 0.15) is 11.4 Å². The van der Waals surface area contributed by atoms with E-state index in [4.69, 9.17) is 12.2 Å². The highest BCUT2D eigenvalue weighted by Gasteiger charge is 2.36. The van der Waals surface area contributed by atoms with Crippen LogP contribution in [0, 0.1) is 12.7 Å². The number of thiocarbonyl (C=S) groups is 1. The van der Waals surface area contributed by atoms with E-state index in [9.17, 15) is 14.0 Å². The van der Waals surface area contributed by atoms with Crippen molar-refractivity contribution in [1.29, 1.82) is 0 Å². The van der Waals surface area contributed by atoms with Gasteiger partial charge in [-0.25, -0.2) is 9.29 Å². The van der Waals surface area contributed by atoms with E-state index in [-0.39, 0.29) is 16.4 Å². The summed E-state index contributed by atoms with van der Waals surface area (Å²) in [6, 6.07) is 21.7. The molecular weight excluding hydrogens is 529 g/mol. The van der Waals surface area contributed by atoms with E-state index >= 15 is 0 Å². The number of benzene rings is 3. The van der Waals surface area contributed by atoms with Crippen LogP contribution in [0.4, 0.5) is 10.1 Å². The molecule has 1 aromatic heterocycles. The van der Waals surface area contributed by atoms with Crippen LogP contribution in [-0.2, 0) is 16.1 Å². The first-order chi connectivity index (χ1) is 16.8. The summed E-state index contributed by atoms with van der Waals surface area (Å²) in [4.78, 5) is 27.3. The predicted octanol–water partition coefficient (Wildman–Crippen LogP) is 5.73. The third kappa shape index (κ3) is 4.19. The summed E-state index contributed by atoms with van der Waals surface area (Å²) in [6.07, 6.45) is 1.57. The van der Waals surface area contributed by atoms with Gasteiger partial charge in [0.2, 0.25) is 0 Å². The maximum Gasteiger partial charge on any atom is 0.270 e. The van der Waals surface area contributed by atoms with Crippen LogP contribution in [0.5, 0.6) is 0 Å². The molecule has 1 N–H and O–H groups in total. The van der Waals surface area contributed by atoms with Crippen molar-refractivity contribution in [3.8, 4) is 0 Å². The van der Waals surface area contributed by atoms with Crippen molar-refractivity contribution in [3.05, 3.63) is 105 Å². The van der Waals surface area contributed by atoms with Gasteiger partial charge >= 0.3 is 0 Å². The highest BCUT2D eigenvalue weighted by molar-refractivity contribution is 9.10. The average Bonchev–Trinajstić information content (AvgIpc) is 3.10. The number of hydrogen-bond acceptors (Lipinski definition) is 3. The SMILES string of the molecule is Cc1c(/C=C2\C(=O)NC(=S)N(c3ccccc3F)C2=O)c2ccccc2n1Cc1ccc(Br)cc1. The highest BCUT2D eigenvalue weighted by atomic mass is 79.9. The number of nitrogens with one attached hydrogen (secondary N) is 1. The van der Waals surface area contributed by atoms with E-state index in [0.717, 1.165) is 37.1 Å². The van der Waals surface area contributed by atoms with E-state index < -0.39 is 17.6 Å². The molecule has 2 amide bonds. The van der Waals surface area contributed by atoms with E-state index in [1.54, 1.807) is 12.1 Å². The van der Waals surface area contributed by atoms with Gasteiger partial charge in [-0.15, -0.1) is 0 Å². The number of amides is 2. The minimum Gasteiger partial charge on any atom is -0.340 e. The van der Waals surface area contributed by atoms with E-state index in [1.807, 2.05) is 55.5 Å². The molecule has 1 aliphatic heterocycles. The number of para-hydroxylation sites is 2. The Bertz CT molecular complexity index is 1540. The van der Waals surface area contributed by atoms with Crippen LogP contribution >= 0.6 is 28.1 Å². The Morgan fingerprint density at radius 2 is 1.69 bits per heavy atom. The summed E-state index contributed by atoms with van der Waals surface area (Å²) in [5, 5.41) is 3.27. The summed E-state index contributed by atoms with van der Waals surface area (Å²) in [5.41, 5.74) is 3.60. The van der Waals surface area contributed by atoms with Crippen molar-refractivity contribution >= 4 is 67.7 Å². The molecule has 0 spiro atoms. The molecule has 5 nitrogen and oxygen atoms in total. The Kier molecular flexibility index (Phi) is 6.08. The van der Waals surface area contributed by atoms with Crippen molar-refractivity contribution in [3.63, 3.8) is 0 Å². The van der Waals surface area contributed by atoms with Crippen LogP contribution in [-0.4, -0.2) is 21.5 Å². The number of hydrogen-bond donors (Lipinski definition) is 1. The van der Waals surface area contributed by atoms with Gasteiger partial charge < -0.3 is 4.57 Å². The van der Waals surface area contributed by atoms with Gasteiger partial charge in [-0.3, -0.25) is 14.9 Å². The topological polar surface area (TPSA) is 54.3 Å². The summed E-state index contributed by atoms with van der Waals surface area (Å²) in [5.74, 6) is -1.90. The molecule has 174 valence electrons. The maximum atomic E-state index is 14.5. The molecule has 0 atom stereocenters. The molecule has 5 rings (SSSR count). The molecule has 1 fully saturated rings. The maximum absolute atomic E-state index is 14.5. The normalized spacial score (nSPS) is 15.2. The van der Waals surface area contributed by atoms with Crippen LogP contribution in [0.25, 0.3) is 17.0 Å². The largest absolute Gasteiger partial charge is 0.340 e. The van der Waals surface area contributed by atoms with Crippen LogP contribution in [0.3, 0.4) is 0 Å². The smallest absolute Gasteiger partial charge is 0.270 e. The van der Waals surface area contributed by atoms with Crippen LogP contribution in [0.15, 0.2) is 82.8 Å². The third-order valence-electron chi connectivity index (χ3n) is 6.02. The second-order valence-electron chi connectivity index (χ2n) is 8.14. The van der Waals surface area contributed by atoms with Gasteiger partial charge in [0.15, 0.2) is 5.11 Å². The molecule has 0 bridgehead atoms. The molecule has 35 heavy (non-hydrogen) atoms. The standard InChI is InChI=1S/C27H19BrFN3O2S/c1-16-20(19-6-2-4-8-23(19)31(16)15-17-10-12-18(28)13-11-17)14-21-25(33)30-27(35)32(26(21)34)24-9-5-3-7-22(24)29/h2-14H,15H2,1H3,(H,30,33,35)/b21-14+. The molecule has 0 aliphatic carbocycles. The molecular formula is C27H19BrFN3O2S. The van der Waals surface area contributed by atoms with Gasteiger partial charge in [0.05, 0.1) is 5.69 Å². The van der Waals surface area contributed by atoms with Gasteiger partial charge in [0, 0.05) is 33.2 Å². The van der Waals surface area contributed by atoms with Crippen LogP contribution in [0.1, 0.15) is 16.8 Å². The zero-order valence-electron chi connectivity index (χ0n) is 18.6. The predicted molar refractivity (Wildman–Crippen MR) is 143 cm³/mol. The van der Waals surface area contributed by atoms with Crippen molar-refractivity contribution in [2.45, 2.75) is 13.5 Å². The molecule has 3 aromatic carbocycles. The molecule has 0 radical (unpaired) electrons. The minimum atomic E-state index is -0.673. The summed E-state index contributed by atoms with van der Waals surface area (Å²) < 4.78 is 17.6. The second-order valence-corrected chi connectivity index (χ2v) is 9.44. The Labute approximate surface area is 215 Å². The first kappa shape index (κ1) is 23.1. The van der Waals surface area contributed by atoms with Gasteiger partial charge in [-0.05, 0) is 61.1 Å². The first-order valence-electron chi connectivity index (χ1n) is 10.8. The minimum absolute atomic E-state index is 0.0113. The lowest BCUT2D eigenvalue weighted by atomic mass is 10.0.